The summed E-state index contributed by atoms with van der Waals surface area (Å²) in [6.07, 6.45) is 3.97. The molecule has 1 atom stereocenters. The Hall–Kier alpha value is -0.410. The van der Waals surface area contributed by atoms with E-state index in [1.165, 1.54) is 25.0 Å². The summed E-state index contributed by atoms with van der Waals surface area (Å²) < 4.78 is 0. The maximum absolute atomic E-state index is 4.27. The predicted molar refractivity (Wildman–Crippen MR) is 60.4 cm³/mol. The van der Waals surface area contributed by atoms with Crippen LogP contribution in [-0.2, 0) is 6.54 Å². The van der Waals surface area contributed by atoms with Crippen molar-refractivity contribution in [2.75, 3.05) is 0 Å². The lowest BCUT2D eigenvalue weighted by molar-refractivity contribution is 0.364. The van der Waals surface area contributed by atoms with Gasteiger partial charge in [-0.25, -0.2) is 4.98 Å². The average molecular weight is 210 g/mol. The lowest BCUT2D eigenvalue weighted by atomic mass is 9.92. The van der Waals surface area contributed by atoms with E-state index < -0.39 is 0 Å². The molecule has 14 heavy (non-hydrogen) atoms. The Morgan fingerprint density at radius 2 is 2.50 bits per heavy atom. The molecule has 1 aliphatic rings. The minimum Gasteiger partial charge on any atom is -0.308 e. The van der Waals surface area contributed by atoms with Gasteiger partial charge in [-0.15, -0.1) is 11.3 Å². The molecule has 1 aromatic rings. The number of rotatable bonds is 3. The Morgan fingerprint density at radius 1 is 1.64 bits per heavy atom. The number of thiazole rings is 1. The number of nitrogens with zero attached hydrogens (tertiary/aromatic N) is 1. The molecule has 0 bridgehead atoms. The van der Waals surface area contributed by atoms with E-state index in [0.29, 0.717) is 11.5 Å². The van der Waals surface area contributed by atoms with Crippen LogP contribution in [0.5, 0.6) is 0 Å². The molecule has 78 valence electrons. The topological polar surface area (TPSA) is 24.9 Å². The first kappa shape index (κ1) is 10.1. The first-order chi connectivity index (χ1) is 6.66. The molecule has 0 amide bonds. The highest BCUT2D eigenvalue weighted by molar-refractivity contribution is 7.07. The second kappa shape index (κ2) is 3.99. The SMILES string of the molecule is CC1(C)CCC(NCc2cscn2)C1. The largest absolute Gasteiger partial charge is 0.308 e. The van der Waals surface area contributed by atoms with Gasteiger partial charge in [0.15, 0.2) is 0 Å². The van der Waals surface area contributed by atoms with E-state index in [0.717, 1.165) is 6.54 Å². The lowest BCUT2D eigenvalue weighted by Crippen LogP contribution is -2.26. The molecule has 0 saturated heterocycles. The minimum atomic E-state index is 0.541. The Morgan fingerprint density at radius 3 is 3.07 bits per heavy atom. The molecule has 1 aromatic heterocycles. The Bertz CT molecular complexity index is 279. The van der Waals surface area contributed by atoms with Crippen LogP contribution in [-0.4, -0.2) is 11.0 Å². The summed E-state index contributed by atoms with van der Waals surface area (Å²) in [5, 5.41) is 5.70. The van der Waals surface area contributed by atoms with Crippen LogP contribution < -0.4 is 5.32 Å². The zero-order chi connectivity index (χ0) is 10.0. The number of nitrogens with one attached hydrogen (secondary N) is 1. The Kier molecular flexibility index (Phi) is 2.88. The standard InChI is InChI=1S/C11H18N2S/c1-11(2)4-3-9(5-11)12-6-10-7-14-8-13-10/h7-9,12H,3-6H2,1-2H3. The van der Waals surface area contributed by atoms with Crippen molar-refractivity contribution in [1.29, 1.82) is 0 Å². The first-order valence-corrected chi connectivity index (χ1v) is 6.20. The fraction of sp³-hybridized carbons (Fsp3) is 0.727. The molecule has 0 radical (unpaired) electrons. The van der Waals surface area contributed by atoms with E-state index in [1.807, 2.05) is 5.51 Å². The first-order valence-electron chi connectivity index (χ1n) is 5.26. The normalized spacial score (nSPS) is 25.4. The van der Waals surface area contributed by atoms with Crippen LogP contribution >= 0.6 is 11.3 Å². The van der Waals surface area contributed by atoms with E-state index in [-0.39, 0.29) is 0 Å². The third-order valence-corrected chi connectivity index (χ3v) is 3.66. The summed E-state index contributed by atoms with van der Waals surface area (Å²) in [5.74, 6) is 0. The van der Waals surface area contributed by atoms with Crippen LogP contribution in [0, 0.1) is 5.41 Å². The second-order valence-corrected chi connectivity index (χ2v) is 5.68. The highest BCUT2D eigenvalue weighted by atomic mass is 32.1. The zero-order valence-corrected chi connectivity index (χ0v) is 9.73. The minimum absolute atomic E-state index is 0.541. The highest BCUT2D eigenvalue weighted by Crippen LogP contribution is 2.36. The van der Waals surface area contributed by atoms with Crippen LogP contribution in [0.15, 0.2) is 10.9 Å². The monoisotopic (exact) mass is 210 g/mol. The van der Waals surface area contributed by atoms with Crippen molar-refractivity contribution in [2.45, 2.75) is 45.7 Å². The van der Waals surface area contributed by atoms with Crippen molar-refractivity contribution in [3.8, 4) is 0 Å². The van der Waals surface area contributed by atoms with Gasteiger partial charge in [0.25, 0.3) is 0 Å². The molecule has 1 N–H and O–H groups in total. The maximum atomic E-state index is 4.27. The summed E-state index contributed by atoms with van der Waals surface area (Å²) in [6.45, 7) is 5.65. The van der Waals surface area contributed by atoms with Gasteiger partial charge >= 0.3 is 0 Å². The number of aromatic nitrogens is 1. The Balaban J connectivity index is 1.78. The molecule has 2 rings (SSSR count). The molecule has 2 nitrogen and oxygen atoms in total. The van der Waals surface area contributed by atoms with Crippen LogP contribution in [0.2, 0.25) is 0 Å². The van der Waals surface area contributed by atoms with Gasteiger partial charge in [-0.2, -0.15) is 0 Å². The van der Waals surface area contributed by atoms with Crippen LogP contribution in [0.1, 0.15) is 38.8 Å². The van der Waals surface area contributed by atoms with Crippen molar-refractivity contribution in [1.82, 2.24) is 10.3 Å². The fourth-order valence-corrected chi connectivity index (χ4v) is 2.74. The van der Waals surface area contributed by atoms with Crippen molar-refractivity contribution >= 4 is 11.3 Å². The van der Waals surface area contributed by atoms with E-state index in [1.54, 1.807) is 11.3 Å². The van der Waals surface area contributed by atoms with Crippen LogP contribution in [0.25, 0.3) is 0 Å². The van der Waals surface area contributed by atoms with Crippen molar-refractivity contribution in [3.63, 3.8) is 0 Å². The predicted octanol–water partition coefficient (Wildman–Crippen LogP) is 2.81. The average Bonchev–Trinajstić information content (AvgIpc) is 2.70. The summed E-state index contributed by atoms with van der Waals surface area (Å²) in [7, 11) is 0. The van der Waals surface area contributed by atoms with Crippen LogP contribution in [0.4, 0.5) is 0 Å². The molecule has 1 unspecified atom stereocenters. The third kappa shape index (κ3) is 2.55. The maximum Gasteiger partial charge on any atom is 0.0795 e. The summed E-state index contributed by atoms with van der Waals surface area (Å²) in [5.41, 5.74) is 3.62. The van der Waals surface area contributed by atoms with Crippen LogP contribution in [0.3, 0.4) is 0 Å². The van der Waals surface area contributed by atoms with Gasteiger partial charge in [-0.1, -0.05) is 13.8 Å². The second-order valence-electron chi connectivity index (χ2n) is 4.96. The quantitative estimate of drug-likeness (QED) is 0.830. The molecule has 0 spiro atoms. The van der Waals surface area contributed by atoms with Gasteiger partial charge in [-0.3, -0.25) is 0 Å². The van der Waals surface area contributed by atoms with Crippen molar-refractivity contribution < 1.29 is 0 Å². The van der Waals surface area contributed by atoms with Gasteiger partial charge in [0, 0.05) is 18.0 Å². The molecule has 1 saturated carbocycles. The third-order valence-electron chi connectivity index (χ3n) is 3.02. The van der Waals surface area contributed by atoms with Crippen molar-refractivity contribution in [2.24, 2.45) is 5.41 Å². The summed E-state index contributed by atoms with van der Waals surface area (Å²) in [6, 6.07) is 0.701. The van der Waals surface area contributed by atoms with Gasteiger partial charge in [0.1, 0.15) is 0 Å². The molecule has 1 fully saturated rings. The van der Waals surface area contributed by atoms with Crippen molar-refractivity contribution in [3.05, 3.63) is 16.6 Å². The van der Waals surface area contributed by atoms with Gasteiger partial charge in [-0.05, 0) is 24.7 Å². The lowest BCUT2D eigenvalue weighted by Gasteiger charge is -2.17. The fourth-order valence-electron chi connectivity index (χ4n) is 2.18. The van der Waals surface area contributed by atoms with E-state index in [2.05, 4.69) is 29.5 Å². The smallest absolute Gasteiger partial charge is 0.0795 e. The molecular formula is C11H18N2S. The van der Waals surface area contributed by atoms with Gasteiger partial charge in [0.05, 0.1) is 11.2 Å². The number of hydrogen-bond donors (Lipinski definition) is 1. The zero-order valence-electron chi connectivity index (χ0n) is 8.92. The molecule has 1 aliphatic carbocycles. The molecule has 3 heteroatoms. The molecule has 0 aliphatic heterocycles. The Labute approximate surface area is 89.8 Å². The summed E-state index contributed by atoms with van der Waals surface area (Å²) >= 11 is 1.67. The van der Waals surface area contributed by atoms with E-state index in [9.17, 15) is 0 Å². The van der Waals surface area contributed by atoms with E-state index >= 15 is 0 Å². The van der Waals surface area contributed by atoms with Gasteiger partial charge in [0.2, 0.25) is 0 Å². The molecular weight excluding hydrogens is 192 g/mol. The molecule has 1 heterocycles. The van der Waals surface area contributed by atoms with E-state index in [4.69, 9.17) is 0 Å². The van der Waals surface area contributed by atoms with Gasteiger partial charge < -0.3 is 5.32 Å². The number of hydrogen-bond acceptors (Lipinski definition) is 3. The summed E-state index contributed by atoms with van der Waals surface area (Å²) in [4.78, 5) is 4.27. The highest BCUT2D eigenvalue weighted by Gasteiger charge is 2.30. The molecule has 0 aromatic carbocycles.